The van der Waals surface area contributed by atoms with Crippen LogP contribution in [0, 0.1) is 11.3 Å². The first-order valence-corrected chi connectivity index (χ1v) is 13.1. The van der Waals surface area contributed by atoms with Crippen molar-refractivity contribution in [2.45, 2.75) is 30.3 Å². The molecule has 4 rings (SSSR count). The highest BCUT2D eigenvalue weighted by Crippen LogP contribution is 2.20. The second kappa shape index (κ2) is 10.6. The molecule has 0 aliphatic carbocycles. The van der Waals surface area contributed by atoms with Crippen LogP contribution in [0.25, 0.3) is 0 Å². The summed E-state index contributed by atoms with van der Waals surface area (Å²) in [5.74, 6) is 0.183. The number of benzene rings is 2. The standard InChI is InChI=1S/C25H32N4O2S/c26-20-22-5-4-6-23(19-22)21-28-11-9-24(10-12-28)29-15-13-27(14-16-29)17-18-32(30,31)25-7-2-1-3-8-25/h1-8,19,24H,9-18,21H2. The summed E-state index contributed by atoms with van der Waals surface area (Å²) >= 11 is 0. The van der Waals surface area contributed by atoms with Crippen LogP contribution in [-0.4, -0.2) is 80.7 Å². The van der Waals surface area contributed by atoms with Crippen molar-refractivity contribution in [3.05, 3.63) is 65.7 Å². The lowest BCUT2D eigenvalue weighted by atomic mass is 10.0. The van der Waals surface area contributed by atoms with Crippen molar-refractivity contribution in [3.63, 3.8) is 0 Å². The smallest absolute Gasteiger partial charge is 0.179 e. The lowest BCUT2D eigenvalue weighted by Gasteiger charge is -2.42. The monoisotopic (exact) mass is 452 g/mol. The number of rotatable bonds is 7. The van der Waals surface area contributed by atoms with Crippen molar-refractivity contribution in [1.82, 2.24) is 14.7 Å². The van der Waals surface area contributed by atoms with Crippen LogP contribution in [0.15, 0.2) is 59.5 Å². The van der Waals surface area contributed by atoms with Gasteiger partial charge in [-0.05, 0) is 55.8 Å². The van der Waals surface area contributed by atoms with E-state index in [2.05, 4.69) is 26.8 Å². The molecule has 0 radical (unpaired) electrons. The quantitative estimate of drug-likeness (QED) is 0.643. The molecule has 0 N–H and O–H groups in total. The maximum Gasteiger partial charge on any atom is 0.179 e. The van der Waals surface area contributed by atoms with Gasteiger partial charge in [-0.25, -0.2) is 8.42 Å². The molecule has 0 atom stereocenters. The summed E-state index contributed by atoms with van der Waals surface area (Å²) in [7, 11) is -3.21. The van der Waals surface area contributed by atoms with Crippen LogP contribution in [0.3, 0.4) is 0 Å². The number of hydrogen-bond acceptors (Lipinski definition) is 6. The SMILES string of the molecule is N#Cc1cccc(CN2CCC(N3CCN(CCS(=O)(=O)c4ccccc4)CC3)CC2)c1. The van der Waals surface area contributed by atoms with Crippen molar-refractivity contribution >= 4 is 9.84 Å². The van der Waals surface area contributed by atoms with Gasteiger partial charge in [-0.2, -0.15) is 5.26 Å². The molecule has 2 saturated heterocycles. The van der Waals surface area contributed by atoms with Crippen molar-refractivity contribution in [2.75, 3.05) is 51.6 Å². The second-order valence-corrected chi connectivity index (χ2v) is 10.9. The Morgan fingerprint density at radius 2 is 1.59 bits per heavy atom. The van der Waals surface area contributed by atoms with Gasteiger partial charge in [0.15, 0.2) is 9.84 Å². The van der Waals surface area contributed by atoms with E-state index in [9.17, 15) is 8.42 Å². The van der Waals surface area contributed by atoms with Crippen molar-refractivity contribution in [3.8, 4) is 6.07 Å². The Bertz CT molecular complexity index is 1020. The number of piperazine rings is 1. The molecule has 0 unspecified atom stereocenters. The zero-order chi connectivity index (χ0) is 22.4. The number of nitrogens with zero attached hydrogens (tertiary/aromatic N) is 4. The van der Waals surface area contributed by atoms with Crippen LogP contribution < -0.4 is 0 Å². The molecule has 2 aromatic rings. The van der Waals surface area contributed by atoms with Crippen LogP contribution in [-0.2, 0) is 16.4 Å². The third-order valence-electron chi connectivity index (χ3n) is 6.72. The Balaban J connectivity index is 1.19. The van der Waals surface area contributed by atoms with Gasteiger partial charge in [0.25, 0.3) is 0 Å². The van der Waals surface area contributed by atoms with E-state index in [0.29, 0.717) is 17.5 Å². The Kier molecular flexibility index (Phi) is 7.59. The van der Waals surface area contributed by atoms with Gasteiger partial charge in [0.1, 0.15) is 0 Å². The summed E-state index contributed by atoms with van der Waals surface area (Å²) in [6.07, 6.45) is 2.33. The van der Waals surface area contributed by atoms with Gasteiger partial charge in [-0.1, -0.05) is 30.3 Å². The number of sulfone groups is 1. The first kappa shape index (κ1) is 22.9. The van der Waals surface area contributed by atoms with Crippen LogP contribution in [0.5, 0.6) is 0 Å². The molecule has 2 aliphatic rings. The van der Waals surface area contributed by atoms with Crippen molar-refractivity contribution in [2.24, 2.45) is 0 Å². The summed E-state index contributed by atoms with van der Waals surface area (Å²) in [5, 5.41) is 9.09. The highest BCUT2D eigenvalue weighted by Gasteiger charge is 2.28. The number of piperidine rings is 1. The van der Waals surface area contributed by atoms with Gasteiger partial charge < -0.3 is 0 Å². The second-order valence-electron chi connectivity index (χ2n) is 8.83. The van der Waals surface area contributed by atoms with E-state index in [-0.39, 0.29) is 5.75 Å². The van der Waals surface area contributed by atoms with Crippen LogP contribution >= 0.6 is 0 Å². The molecular weight excluding hydrogens is 420 g/mol. The van der Waals surface area contributed by atoms with E-state index >= 15 is 0 Å². The van der Waals surface area contributed by atoms with Crippen LogP contribution in [0.1, 0.15) is 24.0 Å². The van der Waals surface area contributed by atoms with Gasteiger partial charge in [0, 0.05) is 45.3 Å². The fourth-order valence-corrected chi connectivity index (χ4v) is 6.09. The minimum Gasteiger partial charge on any atom is -0.300 e. The lowest BCUT2D eigenvalue weighted by Crippen LogP contribution is -2.53. The molecule has 170 valence electrons. The number of hydrogen-bond donors (Lipinski definition) is 0. The van der Waals surface area contributed by atoms with Crippen molar-refractivity contribution < 1.29 is 8.42 Å². The maximum absolute atomic E-state index is 12.5. The molecule has 0 spiro atoms. The van der Waals surface area contributed by atoms with Crippen LogP contribution in [0.4, 0.5) is 0 Å². The van der Waals surface area contributed by atoms with E-state index in [4.69, 9.17) is 5.26 Å². The van der Waals surface area contributed by atoms with Gasteiger partial charge >= 0.3 is 0 Å². The molecule has 2 heterocycles. The topological polar surface area (TPSA) is 67.7 Å². The molecule has 2 aromatic carbocycles. The van der Waals surface area contributed by atoms with E-state index in [1.54, 1.807) is 24.3 Å². The predicted molar refractivity (Wildman–Crippen MR) is 126 cm³/mol. The lowest BCUT2D eigenvalue weighted by molar-refractivity contribution is 0.0596. The molecular formula is C25H32N4O2S. The summed E-state index contributed by atoms with van der Waals surface area (Å²) in [5.41, 5.74) is 1.94. The van der Waals surface area contributed by atoms with Gasteiger partial charge in [-0.3, -0.25) is 14.7 Å². The van der Waals surface area contributed by atoms with E-state index in [0.717, 1.165) is 51.4 Å². The first-order valence-electron chi connectivity index (χ1n) is 11.5. The van der Waals surface area contributed by atoms with E-state index in [1.807, 2.05) is 24.3 Å². The first-order chi connectivity index (χ1) is 15.5. The summed E-state index contributed by atoms with van der Waals surface area (Å²) < 4.78 is 25.1. The molecule has 32 heavy (non-hydrogen) atoms. The molecule has 7 heteroatoms. The third-order valence-corrected chi connectivity index (χ3v) is 8.43. The molecule has 2 fully saturated rings. The molecule has 0 saturated carbocycles. The molecule has 0 bridgehead atoms. The van der Waals surface area contributed by atoms with E-state index < -0.39 is 9.84 Å². The third kappa shape index (κ3) is 5.96. The normalized spacial score (nSPS) is 19.6. The Morgan fingerprint density at radius 3 is 2.28 bits per heavy atom. The number of likely N-dealkylation sites (tertiary alicyclic amines) is 1. The molecule has 6 nitrogen and oxygen atoms in total. The fraction of sp³-hybridized carbons (Fsp3) is 0.480. The van der Waals surface area contributed by atoms with E-state index in [1.165, 1.54) is 18.4 Å². The Labute approximate surface area is 192 Å². The average molecular weight is 453 g/mol. The fourth-order valence-electron chi connectivity index (χ4n) is 4.79. The summed E-state index contributed by atoms with van der Waals surface area (Å²) in [6.45, 7) is 7.57. The zero-order valence-corrected chi connectivity index (χ0v) is 19.4. The predicted octanol–water partition coefficient (Wildman–Crippen LogP) is 2.61. The molecule has 0 amide bonds. The van der Waals surface area contributed by atoms with Gasteiger partial charge in [-0.15, -0.1) is 0 Å². The Hall–Kier alpha value is -2.24. The van der Waals surface area contributed by atoms with Gasteiger partial charge in [0.05, 0.1) is 22.3 Å². The van der Waals surface area contributed by atoms with Crippen LogP contribution in [0.2, 0.25) is 0 Å². The maximum atomic E-state index is 12.5. The minimum absolute atomic E-state index is 0.183. The molecule has 2 aliphatic heterocycles. The summed E-state index contributed by atoms with van der Waals surface area (Å²) in [4.78, 5) is 7.78. The Morgan fingerprint density at radius 1 is 0.875 bits per heavy atom. The largest absolute Gasteiger partial charge is 0.300 e. The minimum atomic E-state index is -3.21. The zero-order valence-electron chi connectivity index (χ0n) is 18.6. The highest BCUT2D eigenvalue weighted by atomic mass is 32.2. The highest BCUT2D eigenvalue weighted by molar-refractivity contribution is 7.91. The van der Waals surface area contributed by atoms with Gasteiger partial charge in [0.2, 0.25) is 0 Å². The average Bonchev–Trinajstić information content (AvgIpc) is 2.84. The molecule has 0 aromatic heterocycles. The van der Waals surface area contributed by atoms with Crippen molar-refractivity contribution in [1.29, 1.82) is 5.26 Å². The summed E-state index contributed by atoms with van der Waals surface area (Å²) in [6, 6.07) is 19.5. The number of nitriles is 1.